The Bertz CT molecular complexity index is 1200. The molecular weight excluding hydrogens is 474 g/mol. The minimum atomic E-state index is -5.16. The van der Waals surface area contributed by atoms with Crippen molar-refractivity contribution in [2.24, 2.45) is 0 Å². The van der Waals surface area contributed by atoms with Crippen molar-refractivity contribution < 1.29 is 44.6 Å². The first kappa shape index (κ1) is 24.9. The predicted octanol–water partition coefficient (Wildman–Crippen LogP) is 8.07. The molecule has 0 atom stereocenters. The van der Waals surface area contributed by atoms with Gasteiger partial charge in [0.1, 0.15) is 23.1 Å². The molecular formula is C23H15F8NO2. The zero-order valence-corrected chi connectivity index (χ0v) is 17.2. The van der Waals surface area contributed by atoms with E-state index in [2.05, 4.69) is 16.6 Å². The Morgan fingerprint density at radius 1 is 0.853 bits per heavy atom. The van der Waals surface area contributed by atoms with Gasteiger partial charge in [-0.05, 0) is 48.9 Å². The molecule has 0 bridgehead atoms. The Hall–Kier alpha value is -3.76. The number of nitrogens with one attached hydrogen (secondary N) is 1. The number of benzene rings is 3. The van der Waals surface area contributed by atoms with Crippen LogP contribution in [0.25, 0.3) is 5.70 Å². The Balaban J connectivity index is 1.96. The summed E-state index contributed by atoms with van der Waals surface area (Å²) in [7, 11) is 0. The monoisotopic (exact) mass is 489 g/mol. The standard InChI is InChI=1S/C23H15F8NO2/c1-12-6-7-14(22(26,27)28)10-19(12)33-15-8-9-18(20(11-15)34-23(29,30)31)32-13(2)21-16(24)4-3-5-17(21)25/h3-11,32H,2H2,1H3. The van der Waals surface area contributed by atoms with Crippen molar-refractivity contribution in [3.63, 3.8) is 0 Å². The number of hydrogen-bond acceptors (Lipinski definition) is 3. The van der Waals surface area contributed by atoms with Crippen LogP contribution in [0, 0.1) is 18.6 Å². The summed E-state index contributed by atoms with van der Waals surface area (Å²) in [6.45, 7) is 4.90. The Morgan fingerprint density at radius 2 is 1.50 bits per heavy atom. The number of rotatable bonds is 6. The van der Waals surface area contributed by atoms with Gasteiger partial charge in [0.25, 0.3) is 0 Å². The summed E-state index contributed by atoms with van der Waals surface area (Å²) < 4.78 is 115. The van der Waals surface area contributed by atoms with E-state index in [0.717, 1.165) is 48.5 Å². The van der Waals surface area contributed by atoms with E-state index in [4.69, 9.17) is 4.74 Å². The smallest absolute Gasteiger partial charge is 0.457 e. The van der Waals surface area contributed by atoms with Crippen molar-refractivity contribution in [2.45, 2.75) is 19.5 Å². The van der Waals surface area contributed by atoms with E-state index in [-0.39, 0.29) is 22.7 Å². The lowest BCUT2D eigenvalue weighted by molar-refractivity contribution is -0.274. The summed E-state index contributed by atoms with van der Waals surface area (Å²) in [5, 5.41) is 2.36. The van der Waals surface area contributed by atoms with E-state index in [1.165, 1.54) is 6.92 Å². The average molecular weight is 489 g/mol. The predicted molar refractivity (Wildman–Crippen MR) is 108 cm³/mol. The summed E-state index contributed by atoms with van der Waals surface area (Å²) in [5.74, 6) is -3.40. The number of ether oxygens (including phenoxy) is 2. The van der Waals surface area contributed by atoms with Crippen molar-refractivity contribution >= 4 is 11.4 Å². The van der Waals surface area contributed by atoms with Gasteiger partial charge in [-0.15, -0.1) is 13.2 Å². The lowest BCUT2D eigenvalue weighted by atomic mass is 10.1. The number of halogens is 8. The molecule has 0 aliphatic carbocycles. The molecule has 0 aromatic heterocycles. The summed E-state index contributed by atoms with van der Waals surface area (Å²) in [4.78, 5) is 0. The number of aryl methyl sites for hydroxylation is 1. The second-order valence-electron chi connectivity index (χ2n) is 6.99. The summed E-state index contributed by atoms with van der Waals surface area (Å²) in [5.41, 5.74) is -2.10. The number of anilines is 1. The van der Waals surface area contributed by atoms with Gasteiger partial charge in [0, 0.05) is 11.8 Å². The van der Waals surface area contributed by atoms with E-state index >= 15 is 0 Å². The van der Waals surface area contributed by atoms with Crippen LogP contribution in [0.3, 0.4) is 0 Å². The molecule has 0 aliphatic heterocycles. The van der Waals surface area contributed by atoms with Crippen LogP contribution in [-0.2, 0) is 6.18 Å². The fraction of sp³-hybridized carbons (Fsp3) is 0.130. The summed E-state index contributed by atoms with van der Waals surface area (Å²) in [6, 6.07) is 8.59. The molecule has 3 nitrogen and oxygen atoms in total. The van der Waals surface area contributed by atoms with E-state index in [1.807, 2.05) is 0 Å². The van der Waals surface area contributed by atoms with E-state index < -0.39 is 46.7 Å². The van der Waals surface area contributed by atoms with Crippen molar-refractivity contribution in [1.82, 2.24) is 0 Å². The molecule has 3 aromatic rings. The average Bonchev–Trinajstić information content (AvgIpc) is 2.69. The maximum absolute atomic E-state index is 14.0. The van der Waals surface area contributed by atoms with Gasteiger partial charge >= 0.3 is 12.5 Å². The van der Waals surface area contributed by atoms with Crippen LogP contribution in [-0.4, -0.2) is 6.36 Å². The summed E-state index contributed by atoms with van der Waals surface area (Å²) in [6.07, 6.45) is -9.82. The molecule has 0 saturated carbocycles. The van der Waals surface area contributed by atoms with Crippen molar-refractivity contribution in [1.29, 1.82) is 0 Å². The second kappa shape index (κ2) is 9.24. The van der Waals surface area contributed by atoms with Gasteiger partial charge in [-0.25, -0.2) is 8.78 Å². The topological polar surface area (TPSA) is 30.5 Å². The number of hydrogen-bond donors (Lipinski definition) is 1. The molecule has 180 valence electrons. The molecule has 0 heterocycles. The minimum absolute atomic E-state index is 0.244. The molecule has 0 aliphatic rings. The minimum Gasteiger partial charge on any atom is -0.457 e. The van der Waals surface area contributed by atoms with Gasteiger partial charge in [0.15, 0.2) is 5.75 Å². The third-order valence-corrected chi connectivity index (χ3v) is 4.47. The third-order valence-electron chi connectivity index (χ3n) is 4.47. The molecule has 11 heteroatoms. The quantitative estimate of drug-likeness (QED) is 0.355. The molecule has 3 rings (SSSR count). The molecule has 0 saturated heterocycles. The molecule has 0 unspecified atom stereocenters. The highest BCUT2D eigenvalue weighted by molar-refractivity contribution is 5.79. The van der Waals surface area contributed by atoms with Crippen LogP contribution < -0.4 is 14.8 Å². The number of alkyl halides is 6. The molecule has 0 fully saturated rings. The Kier molecular flexibility index (Phi) is 6.76. The Morgan fingerprint density at radius 3 is 2.09 bits per heavy atom. The van der Waals surface area contributed by atoms with Gasteiger partial charge in [-0.2, -0.15) is 13.2 Å². The lowest BCUT2D eigenvalue weighted by Gasteiger charge is -2.18. The van der Waals surface area contributed by atoms with Crippen LogP contribution in [0.2, 0.25) is 0 Å². The molecule has 0 spiro atoms. The van der Waals surface area contributed by atoms with E-state index in [0.29, 0.717) is 6.07 Å². The Labute approximate surface area is 188 Å². The molecule has 0 amide bonds. The SMILES string of the molecule is C=C(Nc1ccc(Oc2cc(C(F)(F)F)ccc2C)cc1OC(F)(F)F)c1c(F)cccc1F. The molecule has 0 radical (unpaired) electrons. The maximum atomic E-state index is 14.0. The third kappa shape index (κ3) is 5.97. The maximum Gasteiger partial charge on any atom is 0.573 e. The zero-order chi connectivity index (χ0) is 25.3. The normalized spacial score (nSPS) is 11.8. The van der Waals surface area contributed by atoms with Gasteiger partial charge in [0.2, 0.25) is 0 Å². The largest absolute Gasteiger partial charge is 0.573 e. The fourth-order valence-corrected chi connectivity index (χ4v) is 2.90. The van der Waals surface area contributed by atoms with Crippen molar-refractivity contribution in [3.8, 4) is 17.2 Å². The fourth-order valence-electron chi connectivity index (χ4n) is 2.90. The van der Waals surface area contributed by atoms with Crippen LogP contribution >= 0.6 is 0 Å². The van der Waals surface area contributed by atoms with E-state index in [9.17, 15) is 35.1 Å². The zero-order valence-electron chi connectivity index (χ0n) is 17.2. The van der Waals surface area contributed by atoms with Gasteiger partial charge in [-0.3, -0.25) is 0 Å². The highest BCUT2D eigenvalue weighted by atomic mass is 19.4. The lowest BCUT2D eigenvalue weighted by Crippen LogP contribution is -2.18. The molecule has 34 heavy (non-hydrogen) atoms. The van der Waals surface area contributed by atoms with Crippen LogP contribution in [0.4, 0.5) is 40.8 Å². The van der Waals surface area contributed by atoms with Gasteiger partial charge in [-0.1, -0.05) is 18.7 Å². The van der Waals surface area contributed by atoms with Crippen molar-refractivity contribution in [2.75, 3.05) is 5.32 Å². The van der Waals surface area contributed by atoms with Crippen LogP contribution in [0.5, 0.6) is 17.2 Å². The van der Waals surface area contributed by atoms with Gasteiger partial charge in [0.05, 0.1) is 16.8 Å². The van der Waals surface area contributed by atoms with Crippen LogP contribution in [0.15, 0.2) is 61.2 Å². The van der Waals surface area contributed by atoms with E-state index in [1.54, 1.807) is 0 Å². The van der Waals surface area contributed by atoms with Crippen molar-refractivity contribution in [3.05, 3.63) is 89.5 Å². The first-order valence-electron chi connectivity index (χ1n) is 9.40. The van der Waals surface area contributed by atoms with Gasteiger partial charge < -0.3 is 14.8 Å². The highest BCUT2D eigenvalue weighted by Crippen LogP contribution is 2.39. The summed E-state index contributed by atoms with van der Waals surface area (Å²) >= 11 is 0. The first-order valence-corrected chi connectivity index (χ1v) is 9.40. The highest BCUT2D eigenvalue weighted by Gasteiger charge is 2.33. The molecule has 1 N–H and O–H groups in total. The second-order valence-corrected chi connectivity index (χ2v) is 6.99. The first-order chi connectivity index (χ1) is 15.7. The molecule has 3 aromatic carbocycles. The van der Waals surface area contributed by atoms with Crippen LogP contribution in [0.1, 0.15) is 16.7 Å².